The van der Waals surface area contributed by atoms with Gasteiger partial charge in [0.1, 0.15) is 4.90 Å². The highest BCUT2D eigenvalue weighted by Crippen LogP contribution is 2.35. The van der Waals surface area contributed by atoms with Crippen LogP contribution in [0.1, 0.15) is 51.9 Å². The van der Waals surface area contributed by atoms with Crippen LogP contribution in [-0.2, 0) is 20.0 Å². The number of sulfonamides is 2. The molecule has 2 N–H and O–H groups in total. The molecule has 2 aliphatic heterocycles. The van der Waals surface area contributed by atoms with E-state index < -0.39 is 20.0 Å². The summed E-state index contributed by atoms with van der Waals surface area (Å²) < 4.78 is 55.9. The Labute approximate surface area is 168 Å². The molecule has 1 atom stereocenters. The number of nitrogens with zero attached hydrogens (tertiary/aromatic N) is 1. The van der Waals surface area contributed by atoms with Crippen molar-refractivity contribution in [1.82, 2.24) is 9.03 Å². The Morgan fingerprint density at radius 1 is 1.04 bits per heavy atom. The Morgan fingerprint density at radius 3 is 2.39 bits per heavy atom. The fourth-order valence-electron chi connectivity index (χ4n) is 4.49. The van der Waals surface area contributed by atoms with E-state index in [-0.39, 0.29) is 21.9 Å². The average Bonchev–Trinajstić information content (AvgIpc) is 2.68. The third-order valence-corrected chi connectivity index (χ3v) is 9.71. The lowest BCUT2D eigenvalue weighted by Gasteiger charge is -2.36. The molecule has 0 bridgehead atoms. The van der Waals surface area contributed by atoms with E-state index in [0.29, 0.717) is 24.7 Å². The lowest BCUT2D eigenvalue weighted by Crippen LogP contribution is -2.49. The van der Waals surface area contributed by atoms with E-state index in [2.05, 4.69) is 17.0 Å². The smallest absolute Gasteiger partial charge is 0.244 e. The van der Waals surface area contributed by atoms with Gasteiger partial charge >= 0.3 is 0 Å². The van der Waals surface area contributed by atoms with Gasteiger partial charge in [0, 0.05) is 13.1 Å². The molecule has 1 aromatic rings. The van der Waals surface area contributed by atoms with Crippen molar-refractivity contribution in [3.8, 4) is 0 Å². The zero-order chi connectivity index (χ0) is 19.9. The molecule has 0 radical (unpaired) electrons. The van der Waals surface area contributed by atoms with Crippen molar-refractivity contribution in [1.29, 1.82) is 0 Å². The van der Waals surface area contributed by atoms with Gasteiger partial charge in [-0.25, -0.2) is 16.8 Å². The SMILES string of the molecule is CC1CCN(S(=O)(=O)c2ccc3c(c2)S(=O)(=O)NC(C2CCCCC2)N3)CC1. The van der Waals surface area contributed by atoms with Crippen LogP contribution in [0.15, 0.2) is 28.0 Å². The van der Waals surface area contributed by atoms with Crippen LogP contribution < -0.4 is 10.0 Å². The Bertz CT molecular complexity index is 932. The topological polar surface area (TPSA) is 95.6 Å². The highest BCUT2D eigenvalue weighted by Gasteiger charge is 2.36. The van der Waals surface area contributed by atoms with E-state index in [1.807, 2.05) is 0 Å². The molecular weight excluding hydrogens is 398 g/mol. The summed E-state index contributed by atoms with van der Waals surface area (Å²) in [6.45, 7) is 3.08. The second-order valence-corrected chi connectivity index (χ2v) is 12.0. The lowest BCUT2D eigenvalue weighted by molar-refractivity contribution is 0.288. The molecule has 156 valence electrons. The Hall–Kier alpha value is -1.16. The van der Waals surface area contributed by atoms with Gasteiger partial charge < -0.3 is 5.32 Å². The van der Waals surface area contributed by atoms with Crippen LogP contribution in [0.4, 0.5) is 5.69 Å². The fraction of sp³-hybridized carbons (Fsp3) is 0.684. The predicted molar refractivity (Wildman–Crippen MR) is 108 cm³/mol. The van der Waals surface area contributed by atoms with Crippen LogP contribution in [0.3, 0.4) is 0 Å². The molecule has 3 aliphatic rings. The van der Waals surface area contributed by atoms with E-state index >= 15 is 0 Å². The van der Waals surface area contributed by atoms with Crippen molar-refractivity contribution in [3.05, 3.63) is 18.2 Å². The number of rotatable bonds is 3. The lowest BCUT2D eigenvalue weighted by atomic mass is 9.87. The van der Waals surface area contributed by atoms with Crippen LogP contribution in [0, 0.1) is 11.8 Å². The maximum atomic E-state index is 13.0. The normalized spacial score (nSPS) is 27.1. The minimum atomic E-state index is -3.76. The molecule has 28 heavy (non-hydrogen) atoms. The molecule has 4 rings (SSSR count). The molecule has 2 fully saturated rings. The quantitative estimate of drug-likeness (QED) is 0.773. The summed E-state index contributed by atoms with van der Waals surface area (Å²) in [5.41, 5.74) is 0.487. The maximum absolute atomic E-state index is 13.0. The number of nitrogens with one attached hydrogen (secondary N) is 2. The average molecular weight is 428 g/mol. The standard InChI is InChI=1S/C19H29N3O4S2/c1-14-9-11-22(12-10-14)28(25,26)16-7-8-17-18(13-16)27(23,24)21-19(20-17)15-5-3-2-4-6-15/h7-8,13-15,19-21H,2-6,9-12H2,1H3. The van der Waals surface area contributed by atoms with Crippen LogP contribution in [0.5, 0.6) is 0 Å². The van der Waals surface area contributed by atoms with E-state index in [1.165, 1.54) is 22.9 Å². The first-order valence-corrected chi connectivity index (χ1v) is 13.1. The van der Waals surface area contributed by atoms with Crippen molar-refractivity contribution in [2.24, 2.45) is 11.8 Å². The van der Waals surface area contributed by atoms with E-state index in [9.17, 15) is 16.8 Å². The highest BCUT2D eigenvalue weighted by molar-refractivity contribution is 7.90. The fourth-order valence-corrected chi connectivity index (χ4v) is 7.47. The molecule has 7 nitrogen and oxygen atoms in total. The summed E-state index contributed by atoms with van der Waals surface area (Å²) in [4.78, 5) is 0.0649. The van der Waals surface area contributed by atoms with Gasteiger partial charge in [-0.3, -0.25) is 0 Å². The molecule has 1 saturated carbocycles. The van der Waals surface area contributed by atoms with Crippen molar-refractivity contribution in [2.75, 3.05) is 18.4 Å². The zero-order valence-corrected chi connectivity index (χ0v) is 17.9. The summed E-state index contributed by atoms with van der Waals surface area (Å²) in [7, 11) is -7.45. The van der Waals surface area contributed by atoms with Gasteiger partial charge in [0.15, 0.2) is 0 Å². The number of hydrogen-bond acceptors (Lipinski definition) is 5. The van der Waals surface area contributed by atoms with Crippen molar-refractivity contribution >= 4 is 25.7 Å². The van der Waals surface area contributed by atoms with Gasteiger partial charge in [0.05, 0.1) is 16.7 Å². The molecule has 1 saturated heterocycles. The molecule has 1 aliphatic carbocycles. The maximum Gasteiger partial charge on any atom is 0.244 e. The number of fused-ring (bicyclic) bond motifs is 1. The van der Waals surface area contributed by atoms with Gasteiger partial charge in [-0.2, -0.15) is 9.03 Å². The Kier molecular flexibility index (Phi) is 5.45. The minimum absolute atomic E-state index is 0.0195. The molecular formula is C19H29N3O4S2. The second kappa shape index (κ2) is 7.59. The van der Waals surface area contributed by atoms with Crippen LogP contribution in [0.25, 0.3) is 0 Å². The second-order valence-electron chi connectivity index (χ2n) is 8.39. The van der Waals surface area contributed by atoms with Gasteiger partial charge in [-0.1, -0.05) is 26.2 Å². The summed E-state index contributed by atoms with van der Waals surface area (Å²) >= 11 is 0. The molecule has 0 spiro atoms. The third-order valence-electron chi connectivity index (χ3n) is 6.34. The van der Waals surface area contributed by atoms with Crippen LogP contribution >= 0.6 is 0 Å². The number of anilines is 1. The van der Waals surface area contributed by atoms with Gasteiger partial charge in [0.25, 0.3) is 0 Å². The van der Waals surface area contributed by atoms with Gasteiger partial charge in [-0.05, 0) is 55.7 Å². The number of hydrogen-bond donors (Lipinski definition) is 2. The Balaban J connectivity index is 1.62. The first-order chi connectivity index (χ1) is 13.3. The van der Waals surface area contributed by atoms with Gasteiger partial charge in [-0.15, -0.1) is 0 Å². The molecule has 1 unspecified atom stereocenters. The molecule has 1 aromatic carbocycles. The first-order valence-electron chi connectivity index (χ1n) is 10.2. The van der Waals surface area contributed by atoms with Gasteiger partial charge in [0.2, 0.25) is 20.0 Å². The molecule has 2 heterocycles. The minimum Gasteiger partial charge on any atom is -0.368 e. The largest absolute Gasteiger partial charge is 0.368 e. The van der Waals surface area contributed by atoms with Crippen LogP contribution in [-0.4, -0.2) is 40.4 Å². The predicted octanol–water partition coefficient (Wildman–Crippen LogP) is 2.72. The molecule has 9 heteroatoms. The third kappa shape index (κ3) is 3.81. The highest BCUT2D eigenvalue weighted by atomic mass is 32.2. The summed E-state index contributed by atoms with van der Waals surface area (Å²) in [6, 6.07) is 4.43. The van der Waals surface area contributed by atoms with Crippen molar-refractivity contribution in [3.63, 3.8) is 0 Å². The van der Waals surface area contributed by atoms with Crippen molar-refractivity contribution < 1.29 is 16.8 Å². The van der Waals surface area contributed by atoms with Crippen LogP contribution in [0.2, 0.25) is 0 Å². The molecule has 0 aromatic heterocycles. The van der Waals surface area contributed by atoms with E-state index in [4.69, 9.17) is 0 Å². The van der Waals surface area contributed by atoms with E-state index in [1.54, 1.807) is 6.07 Å². The summed E-state index contributed by atoms with van der Waals surface area (Å²) in [5.74, 6) is 0.774. The van der Waals surface area contributed by atoms with E-state index in [0.717, 1.165) is 38.5 Å². The van der Waals surface area contributed by atoms with Crippen molar-refractivity contribution in [2.45, 2.75) is 67.8 Å². The first kappa shape index (κ1) is 20.1. The molecule has 0 amide bonds. The zero-order valence-electron chi connectivity index (χ0n) is 16.2. The summed E-state index contributed by atoms with van der Waals surface area (Å²) in [6.07, 6.45) is 6.74. The monoisotopic (exact) mass is 427 g/mol. The Morgan fingerprint density at radius 2 is 1.71 bits per heavy atom. The summed E-state index contributed by atoms with van der Waals surface area (Å²) in [5, 5.41) is 3.29. The number of benzene rings is 1. The number of piperidine rings is 1.